The van der Waals surface area contributed by atoms with Crippen LogP contribution in [0.3, 0.4) is 0 Å². The summed E-state index contributed by atoms with van der Waals surface area (Å²) in [6, 6.07) is 4.15. The van der Waals surface area contributed by atoms with E-state index in [0.29, 0.717) is 25.1 Å². The number of imidazole rings is 1. The van der Waals surface area contributed by atoms with Crippen LogP contribution in [0.5, 0.6) is 0 Å². The summed E-state index contributed by atoms with van der Waals surface area (Å²) in [5.74, 6) is -3.01. The normalized spacial score (nSPS) is 13.4. The summed E-state index contributed by atoms with van der Waals surface area (Å²) in [4.78, 5) is 60.3. The molecule has 0 radical (unpaired) electrons. The van der Waals surface area contributed by atoms with Crippen LogP contribution in [0.15, 0.2) is 43.0 Å². The molecule has 13 nitrogen and oxygen atoms in total. The number of rotatable bonds is 15. The molecule has 0 spiro atoms. The Labute approximate surface area is 219 Å². The number of nitrogens with two attached hydrogens (primary N) is 2. The second kappa shape index (κ2) is 13.9. The van der Waals surface area contributed by atoms with E-state index in [1.807, 2.05) is 24.3 Å². The molecule has 0 aliphatic carbocycles. The van der Waals surface area contributed by atoms with Crippen molar-refractivity contribution in [2.75, 3.05) is 13.1 Å². The van der Waals surface area contributed by atoms with Gasteiger partial charge in [0, 0.05) is 41.8 Å². The third-order valence-corrected chi connectivity index (χ3v) is 6.11. The van der Waals surface area contributed by atoms with Crippen LogP contribution in [-0.4, -0.2) is 75.0 Å². The number of nitrogens with one attached hydrogen (secondary N) is 5. The fourth-order valence-electron chi connectivity index (χ4n) is 4.11. The van der Waals surface area contributed by atoms with Gasteiger partial charge in [0.2, 0.25) is 17.7 Å². The van der Waals surface area contributed by atoms with E-state index in [1.54, 1.807) is 6.20 Å². The van der Waals surface area contributed by atoms with Gasteiger partial charge in [-0.3, -0.25) is 14.4 Å². The average Bonchev–Trinajstić information content (AvgIpc) is 3.57. The topological polar surface area (TPSA) is 221 Å². The summed E-state index contributed by atoms with van der Waals surface area (Å²) in [6.45, 7) is 0.0803. The lowest BCUT2D eigenvalue weighted by molar-refractivity contribution is -0.142. The van der Waals surface area contributed by atoms with E-state index in [-0.39, 0.29) is 25.8 Å². The molecule has 3 rings (SSSR count). The molecule has 3 aromatic rings. The lowest BCUT2D eigenvalue weighted by Crippen LogP contribution is -2.57. The van der Waals surface area contributed by atoms with Crippen molar-refractivity contribution in [3.05, 3.63) is 54.2 Å². The minimum absolute atomic E-state index is 0.0452. The van der Waals surface area contributed by atoms with Gasteiger partial charge in [0.25, 0.3) is 0 Å². The van der Waals surface area contributed by atoms with Gasteiger partial charge in [-0.05, 0) is 37.4 Å². The Kier molecular flexibility index (Phi) is 10.4. The van der Waals surface area contributed by atoms with E-state index in [2.05, 4.69) is 30.9 Å². The summed E-state index contributed by atoms with van der Waals surface area (Å²) in [6.07, 6.45) is 6.18. The molecule has 38 heavy (non-hydrogen) atoms. The Morgan fingerprint density at radius 1 is 0.921 bits per heavy atom. The summed E-state index contributed by atoms with van der Waals surface area (Å²) in [5.41, 5.74) is 13.2. The number of benzene rings is 1. The molecule has 2 heterocycles. The highest BCUT2D eigenvalue weighted by Gasteiger charge is 2.30. The molecular formula is C25H34N8O5. The number of hydrogen-bond acceptors (Lipinski definition) is 7. The van der Waals surface area contributed by atoms with Gasteiger partial charge in [-0.15, -0.1) is 0 Å². The van der Waals surface area contributed by atoms with E-state index < -0.39 is 41.8 Å². The Morgan fingerprint density at radius 3 is 2.34 bits per heavy atom. The molecule has 0 saturated carbocycles. The number of amides is 3. The van der Waals surface area contributed by atoms with Crippen LogP contribution < -0.4 is 27.4 Å². The lowest BCUT2D eigenvalue weighted by Gasteiger charge is -2.24. The number of carbonyl (C=O) groups is 4. The van der Waals surface area contributed by atoms with Gasteiger partial charge in [-0.25, -0.2) is 9.78 Å². The number of carboxylic acids is 1. The SMILES string of the molecule is NCCCC[C@H](NC(=O)[C@H](Cc1cnc[nH]1)NC(=O)CN)C(=O)N[C@@H](Cc1c[nH]c2ccccc12)C(=O)O. The minimum Gasteiger partial charge on any atom is -0.480 e. The monoisotopic (exact) mass is 526 g/mol. The zero-order valence-corrected chi connectivity index (χ0v) is 20.9. The fraction of sp³-hybridized carbons (Fsp3) is 0.400. The first kappa shape index (κ1) is 28.3. The van der Waals surface area contributed by atoms with Gasteiger partial charge in [0.15, 0.2) is 0 Å². The van der Waals surface area contributed by atoms with Crippen molar-refractivity contribution < 1.29 is 24.3 Å². The molecule has 0 bridgehead atoms. The van der Waals surface area contributed by atoms with Crippen LogP contribution in [0.4, 0.5) is 0 Å². The van der Waals surface area contributed by atoms with E-state index in [1.165, 1.54) is 12.5 Å². The maximum Gasteiger partial charge on any atom is 0.326 e. The van der Waals surface area contributed by atoms with Gasteiger partial charge < -0.3 is 42.5 Å². The summed E-state index contributed by atoms with van der Waals surface area (Å²) in [5, 5.41) is 18.5. The molecule has 204 valence electrons. The van der Waals surface area contributed by atoms with Crippen LogP contribution in [0.25, 0.3) is 10.9 Å². The summed E-state index contributed by atoms with van der Waals surface area (Å²) < 4.78 is 0. The van der Waals surface area contributed by atoms with E-state index in [0.717, 1.165) is 16.5 Å². The largest absolute Gasteiger partial charge is 0.480 e. The predicted octanol–water partition coefficient (Wildman–Crippen LogP) is -0.697. The zero-order chi connectivity index (χ0) is 27.5. The molecule has 0 unspecified atom stereocenters. The predicted molar refractivity (Wildman–Crippen MR) is 140 cm³/mol. The first-order valence-corrected chi connectivity index (χ1v) is 12.4. The molecule has 0 aliphatic rings. The maximum absolute atomic E-state index is 13.2. The number of nitrogens with zero attached hydrogens (tertiary/aromatic N) is 1. The standard InChI is InChI=1S/C25H34N8O5/c26-8-4-3-7-19(32-24(36)20(31-22(34)11-27)10-16-13-28-14-30-16)23(35)33-21(25(37)38)9-15-12-29-18-6-2-1-5-17(15)18/h1-2,5-6,12-14,19-21,29H,3-4,7-11,26-27H2,(H,28,30)(H,31,34)(H,32,36)(H,33,35)(H,37,38)/t19-,20-,21-/m0/s1. The molecule has 0 aliphatic heterocycles. The number of unbranched alkanes of at least 4 members (excludes halogenated alkanes) is 1. The zero-order valence-electron chi connectivity index (χ0n) is 20.9. The number of hydrogen-bond donors (Lipinski definition) is 8. The Hall–Kier alpha value is -4.23. The van der Waals surface area contributed by atoms with Crippen LogP contribution in [0.1, 0.15) is 30.5 Å². The van der Waals surface area contributed by atoms with Crippen molar-refractivity contribution in [1.29, 1.82) is 0 Å². The number of H-pyrrole nitrogens is 2. The number of fused-ring (bicyclic) bond motifs is 1. The van der Waals surface area contributed by atoms with Crippen LogP contribution in [-0.2, 0) is 32.0 Å². The second-order valence-corrected chi connectivity index (χ2v) is 8.91. The highest BCUT2D eigenvalue weighted by molar-refractivity contribution is 5.94. The molecular weight excluding hydrogens is 492 g/mol. The fourth-order valence-corrected chi connectivity index (χ4v) is 4.11. The lowest BCUT2D eigenvalue weighted by atomic mass is 10.0. The first-order chi connectivity index (χ1) is 18.3. The van der Waals surface area contributed by atoms with E-state index in [4.69, 9.17) is 11.5 Å². The molecule has 0 saturated heterocycles. The molecule has 10 N–H and O–H groups in total. The Balaban J connectivity index is 1.74. The number of aromatic amines is 2. The van der Waals surface area contributed by atoms with E-state index in [9.17, 15) is 24.3 Å². The highest BCUT2D eigenvalue weighted by atomic mass is 16.4. The van der Waals surface area contributed by atoms with Crippen LogP contribution in [0, 0.1) is 0 Å². The molecule has 2 aromatic heterocycles. The van der Waals surface area contributed by atoms with E-state index >= 15 is 0 Å². The number of carboxylic acid groups (broad SMARTS) is 1. The maximum atomic E-state index is 13.2. The number of carbonyl (C=O) groups excluding carboxylic acids is 3. The van der Waals surface area contributed by atoms with Crippen LogP contribution in [0.2, 0.25) is 0 Å². The summed E-state index contributed by atoms with van der Waals surface area (Å²) >= 11 is 0. The van der Waals surface area contributed by atoms with Crippen molar-refractivity contribution in [3.8, 4) is 0 Å². The molecule has 13 heteroatoms. The van der Waals surface area contributed by atoms with Gasteiger partial charge in [-0.2, -0.15) is 0 Å². The molecule has 3 atom stereocenters. The number of para-hydroxylation sites is 1. The third kappa shape index (κ3) is 7.88. The van der Waals surface area contributed by atoms with Gasteiger partial charge in [-0.1, -0.05) is 18.2 Å². The van der Waals surface area contributed by atoms with Gasteiger partial charge >= 0.3 is 5.97 Å². The molecule has 1 aromatic carbocycles. The number of aromatic nitrogens is 3. The van der Waals surface area contributed by atoms with Crippen LogP contribution >= 0.6 is 0 Å². The highest BCUT2D eigenvalue weighted by Crippen LogP contribution is 2.19. The average molecular weight is 527 g/mol. The smallest absolute Gasteiger partial charge is 0.326 e. The van der Waals surface area contributed by atoms with Crippen molar-refractivity contribution in [3.63, 3.8) is 0 Å². The molecule has 0 fully saturated rings. The quantitative estimate of drug-likeness (QED) is 0.118. The third-order valence-electron chi connectivity index (χ3n) is 6.11. The summed E-state index contributed by atoms with van der Waals surface area (Å²) in [7, 11) is 0. The first-order valence-electron chi connectivity index (χ1n) is 12.4. The second-order valence-electron chi connectivity index (χ2n) is 8.91. The van der Waals surface area contributed by atoms with Crippen molar-refractivity contribution in [2.24, 2.45) is 11.5 Å². The van der Waals surface area contributed by atoms with Crippen molar-refractivity contribution >= 4 is 34.6 Å². The Morgan fingerprint density at radius 2 is 1.66 bits per heavy atom. The van der Waals surface area contributed by atoms with Crippen molar-refractivity contribution in [2.45, 2.75) is 50.2 Å². The van der Waals surface area contributed by atoms with Crippen molar-refractivity contribution in [1.82, 2.24) is 30.9 Å². The number of aliphatic carboxylic acids is 1. The minimum atomic E-state index is -1.23. The van der Waals surface area contributed by atoms with Gasteiger partial charge in [0.05, 0.1) is 12.9 Å². The molecule has 3 amide bonds. The van der Waals surface area contributed by atoms with Gasteiger partial charge in [0.1, 0.15) is 18.1 Å². The Bertz CT molecular complexity index is 1230.